The van der Waals surface area contributed by atoms with Gasteiger partial charge in [-0.2, -0.15) is 0 Å². The summed E-state index contributed by atoms with van der Waals surface area (Å²) in [5.74, 6) is 2.69. The van der Waals surface area contributed by atoms with Crippen molar-refractivity contribution < 1.29 is 4.74 Å². The van der Waals surface area contributed by atoms with Crippen LogP contribution in [0.4, 0.5) is 0 Å². The van der Waals surface area contributed by atoms with Crippen LogP contribution in [0, 0.1) is 12.3 Å². The Morgan fingerprint density at radius 1 is 1.38 bits per heavy atom. The fraction of sp³-hybridized carbons (Fsp3) is 0.429. The lowest BCUT2D eigenvalue weighted by atomic mass is 10.00. The van der Waals surface area contributed by atoms with E-state index in [-0.39, 0.29) is 12.1 Å². The third kappa shape index (κ3) is 3.37. The van der Waals surface area contributed by atoms with Gasteiger partial charge in [-0.15, -0.1) is 12.3 Å². The summed E-state index contributed by atoms with van der Waals surface area (Å²) >= 11 is 0. The van der Waals surface area contributed by atoms with Crippen molar-refractivity contribution >= 4 is 0 Å². The Bertz CT molecular complexity index is 328. The van der Waals surface area contributed by atoms with Crippen LogP contribution in [0.3, 0.4) is 0 Å². The molecule has 0 aliphatic rings. The lowest BCUT2D eigenvalue weighted by molar-refractivity contribution is 0.0699. The second kappa shape index (κ2) is 7.05. The van der Waals surface area contributed by atoms with Crippen LogP contribution in [0.2, 0.25) is 0 Å². The Morgan fingerprint density at radius 3 is 2.56 bits per heavy atom. The third-order valence-electron chi connectivity index (χ3n) is 2.55. The molecule has 16 heavy (non-hydrogen) atoms. The van der Waals surface area contributed by atoms with E-state index >= 15 is 0 Å². The van der Waals surface area contributed by atoms with Crippen LogP contribution in [0.15, 0.2) is 30.3 Å². The third-order valence-corrected chi connectivity index (χ3v) is 2.55. The first kappa shape index (κ1) is 12.8. The first-order chi connectivity index (χ1) is 7.83. The summed E-state index contributed by atoms with van der Waals surface area (Å²) in [6.07, 6.45) is 6.06. The Kier molecular flexibility index (Phi) is 5.63. The van der Waals surface area contributed by atoms with Crippen molar-refractivity contribution in [3.05, 3.63) is 35.9 Å². The van der Waals surface area contributed by atoms with E-state index in [0.29, 0.717) is 6.42 Å². The molecule has 1 aromatic rings. The first-order valence-corrected chi connectivity index (χ1v) is 5.58. The molecule has 2 atom stereocenters. The predicted molar refractivity (Wildman–Crippen MR) is 67.1 cm³/mol. The lowest BCUT2D eigenvalue weighted by Gasteiger charge is -2.25. The van der Waals surface area contributed by atoms with Crippen LogP contribution in [0.5, 0.6) is 0 Å². The largest absolute Gasteiger partial charge is 0.375 e. The van der Waals surface area contributed by atoms with Crippen molar-refractivity contribution in [2.24, 2.45) is 0 Å². The Balaban J connectivity index is 2.82. The van der Waals surface area contributed by atoms with Crippen molar-refractivity contribution in [1.82, 2.24) is 5.32 Å². The summed E-state index contributed by atoms with van der Waals surface area (Å²) < 4.78 is 5.55. The summed E-state index contributed by atoms with van der Waals surface area (Å²) in [6.45, 7) is 2.96. The molecule has 0 aliphatic heterocycles. The molecular formula is C14H19NO. The van der Waals surface area contributed by atoms with Crippen LogP contribution in [-0.4, -0.2) is 19.7 Å². The molecule has 0 fully saturated rings. The van der Waals surface area contributed by atoms with Gasteiger partial charge in [0.1, 0.15) is 0 Å². The molecule has 0 heterocycles. The van der Waals surface area contributed by atoms with Crippen LogP contribution in [0.25, 0.3) is 0 Å². The van der Waals surface area contributed by atoms with E-state index < -0.39 is 0 Å². The van der Waals surface area contributed by atoms with Crippen LogP contribution in [-0.2, 0) is 4.74 Å². The number of rotatable bonds is 6. The molecule has 0 spiro atoms. The molecule has 0 saturated carbocycles. The van der Waals surface area contributed by atoms with Gasteiger partial charge in [0.2, 0.25) is 0 Å². The predicted octanol–water partition coefficient (Wildman–Crippen LogP) is 2.38. The molecule has 0 saturated heterocycles. The highest BCUT2D eigenvalue weighted by Gasteiger charge is 2.20. The molecule has 1 rings (SSSR count). The quantitative estimate of drug-likeness (QED) is 0.739. The average Bonchev–Trinajstić information content (AvgIpc) is 2.32. The Hall–Kier alpha value is -1.30. The van der Waals surface area contributed by atoms with Gasteiger partial charge in [0.15, 0.2) is 0 Å². The van der Waals surface area contributed by atoms with Gasteiger partial charge in [-0.25, -0.2) is 0 Å². The molecule has 2 heteroatoms. The second-order valence-corrected chi connectivity index (χ2v) is 3.64. The van der Waals surface area contributed by atoms with Crippen LogP contribution < -0.4 is 5.32 Å². The molecule has 1 N–H and O–H groups in total. The van der Waals surface area contributed by atoms with Gasteiger partial charge in [0.05, 0.1) is 6.10 Å². The normalized spacial score (nSPS) is 14.1. The minimum atomic E-state index is 0.0113. The fourth-order valence-electron chi connectivity index (χ4n) is 1.85. The smallest absolute Gasteiger partial charge is 0.0983 e. The zero-order valence-electron chi connectivity index (χ0n) is 9.94. The van der Waals surface area contributed by atoms with E-state index in [0.717, 1.165) is 12.1 Å². The number of terminal acetylenes is 1. The van der Waals surface area contributed by atoms with Gasteiger partial charge < -0.3 is 10.1 Å². The summed E-state index contributed by atoms with van der Waals surface area (Å²) in [4.78, 5) is 0. The number of nitrogens with one attached hydrogen (secondary N) is 1. The molecular weight excluding hydrogens is 198 g/mol. The van der Waals surface area contributed by atoms with Gasteiger partial charge >= 0.3 is 0 Å². The molecule has 0 aromatic heterocycles. The summed E-state index contributed by atoms with van der Waals surface area (Å²) in [5.41, 5.74) is 1.16. The van der Waals surface area contributed by atoms with E-state index in [1.807, 2.05) is 18.2 Å². The minimum absolute atomic E-state index is 0.0113. The SMILES string of the molecule is C#CCC(NCC)C(OC)c1ccccc1. The van der Waals surface area contributed by atoms with Crippen molar-refractivity contribution in [2.75, 3.05) is 13.7 Å². The van der Waals surface area contributed by atoms with Gasteiger partial charge in [-0.05, 0) is 12.1 Å². The monoisotopic (exact) mass is 217 g/mol. The molecule has 0 aliphatic carbocycles. The van der Waals surface area contributed by atoms with Gasteiger partial charge in [0.25, 0.3) is 0 Å². The highest BCUT2D eigenvalue weighted by atomic mass is 16.5. The molecule has 0 radical (unpaired) electrons. The summed E-state index contributed by atoms with van der Waals surface area (Å²) in [6, 6.07) is 10.3. The first-order valence-electron chi connectivity index (χ1n) is 5.58. The van der Waals surface area contributed by atoms with Crippen molar-refractivity contribution in [3.8, 4) is 12.3 Å². The van der Waals surface area contributed by atoms with E-state index in [4.69, 9.17) is 11.2 Å². The maximum Gasteiger partial charge on any atom is 0.0983 e. The maximum atomic E-state index is 5.55. The highest BCUT2D eigenvalue weighted by molar-refractivity contribution is 5.20. The summed E-state index contributed by atoms with van der Waals surface area (Å²) in [7, 11) is 1.72. The molecule has 86 valence electrons. The molecule has 1 aromatic carbocycles. The van der Waals surface area contributed by atoms with Crippen molar-refractivity contribution in [1.29, 1.82) is 0 Å². The number of ether oxygens (including phenoxy) is 1. The van der Waals surface area contributed by atoms with Gasteiger partial charge in [-0.1, -0.05) is 37.3 Å². The van der Waals surface area contributed by atoms with Crippen molar-refractivity contribution in [2.45, 2.75) is 25.5 Å². The number of benzene rings is 1. The number of methoxy groups -OCH3 is 1. The zero-order chi connectivity index (χ0) is 11.8. The molecule has 2 nitrogen and oxygen atoms in total. The van der Waals surface area contributed by atoms with Gasteiger partial charge in [-0.3, -0.25) is 0 Å². The number of hydrogen-bond acceptors (Lipinski definition) is 2. The Labute approximate surface area is 98.0 Å². The standard InChI is InChI=1S/C14H19NO/c1-4-9-13(15-5-2)14(16-3)12-10-7-6-8-11-12/h1,6-8,10-11,13-15H,5,9H2,2-3H3. The van der Waals surface area contributed by atoms with Gasteiger partial charge in [0, 0.05) is 19.6 Å². The van der Waals surface area contributed by atoms with Crippen molar-refractivity contribution in [3.63, 3.8) is 0 Å². The number of hydrogen-bond donors (Lipinski definition) is 1. The summed E-state index contributed by atoms with van der Waals surface area (Å²) in [5, 5.41) is 3.37. The van der Waals surface area contributed by atoms with E-state index in [1.165, 1.54) is 0 Å². The lowest BCUT2D eigenvalue weighted by Crippen LogP contribution is -2.35. The Morgan fingerprint density at radius 2 is 2.06 bits per heavy atom. The fourth-order valence-corrected chi connectivity index (χ4v) is 1.85. The minimum Gasteiger partial charge on any atom is -0.375 e. The molecule has 2 unspecified atom stereocenters. The molecule has 0 amide bonds. The van der Waals surface area contributed by atoms with E-state index in [9.17, 15) is 0 Å². The van der Waals surface area contributed by atoms with Crippen LogP contribution >= 0.6 is 0 Å². The molecule has 0 bridgehead atoms. The number of likely N-dealkylation sites (N-methyl/N-ethyl adjacent to an activating group) is 1. The van der Waals surface area contributed by atoms with E-state index in [1.54, 1.807) is 7.11 Å². The maximum absolute atomic E-state index is 5.55. The average molecular weight is 217 g/mol. The topological polar surface area (TPSA) is 21.3 Å². The highest BCUT2D eigenvalue weighted by Crippen LogP contribution is 2.22. The van der Waals surface area contributed by atoms with Crippen LogP contribution in [0.1, 0.15) is 25.0 Å². The zero-order valence-corrected chi connectivity index (χ0v) is 9.94. The van der Waals surface area contributed by atoms with E-state index in [2.05, 4.69) is 30.3 Å². The second-order valence-electron chi connectivity index (χ2n) is 3.64.